The van der Waals surface area contributed by atoms with E-state index in [4.69, 9.17) is 4.74 Å². The summed E-state index contributed by atoms with van der Waals surface area (Å²) >= 11 is 3.43. The molecule has 0 radical (unpaired) electrons. The summed E-state index contributed by atoms with van der Waals surface area (Å²) in [5.74, 6) is -0.0529. The number of nitrogens with zero attached hydrogens (tertiary/aromatic N) is 2. The smallest absolute Gasteiger partial charge is 0.358 e. The second-order valence-electron chi connectivity index (χ2n) is 8.38. The average Bonchev–Trinajstić information content (AvgIpc) is 3.23. The summed E-state index contributed by atoms with van der Waals surface area (Å²) in [4.78, 5) is 25.0. The van der Waals surface area contributed by atoms with Gasteiger partial charge < -0.3 is 10.1 Å². The van der Waals surface area contributed by atoms with E-state index < -0.39 is 5.97 Å². The maximum atomic E-state index is 12.7. The molecule has 1 amide bonds. The summed E-state index contributed by atoms with van der Waals surface area (Å²) in [7, 11) is 0. The molecule has 0 spiro atoms. The van der Waals surface area contributed by atoms with Crippen molar-refractivity contribution in [3.8, 4) is 5.69 Å². The Morgan fingerprint density at radius 3 is 2.33 bits per heavy atom. The minimum Gasteiger partial charge on any atom is -0.461 e. The quantitative estimate of drug-likeness (QED) is 0.363. The molecule has 6 nitrogen and oxygen atoms in total. The lowest BCUT2D eigenvalue weighted by atomic mass is 10.1. The average molecular weight is 512 g/mol. The number of carbonyl (C=O) groups excluding carboxylic acids is 2. The Balaban J connectivity index is 1.78. The molecule has 3 rings (SSSR count). The van der Waals surface area contributed by atoms with Crippen molar-refractivity contribution in [2.24, 2.45) is 5.92 Å². The van der Waals surface area contributed by atoms with Crippen LogP contribution in [0.15, 0.2) is 59.1 Å². The number of rotatable bonds is 9. The fourth-order valence-corrected chi connectivity index (χ4v) is 3.70. The van der Waals surface area contributed by atoms with Crippen LogP contribution in [0.1, 0.15) is 72.3 Å². The maximum Gasteiger partial charge on any atom is 0.358 e. The highest BCUT2D eigenvalue weighted by Crippen LogP contribution is 2.20. The fraction of sp³-hybridized carbons (Fsp3) is 0.346. The van der Waals surface area contributed by atoms with Crippen LogP contribution in [-0.2, 0) is 11.2 Å². The zero-order valence-corrected chi connectivity index (χ0v) is 21.1. The van der Waals surface area contributed by atoms with Crippen LogP contribution >= 0.6 is 15.9 Å². The number of nitrogens with one attached hydrogen (secondary N) is 1. The molecular weight excluding hydrogens is 482 g/mol. The Morgan fingerprint density at radius 1 is 1.06 bits per heavy atom. The molecule has 7 heteroatoms. The first-order valence-corrected chi connectivity index (χ1v) is 12.0. The summed E-state index contributed by atoms with van der Waals surface area (Å²) in [6.45, 7) is 8.36. The zero-order valence-electron chi connectivity index (χ0n) is 19.5. The number of amides is 1. The van der Waals surface area contributed by atoms with Crippen molar-refractivity contribution in [2.45, 2.75) is 46.6 Å². The van der Waals surface area contributed by atoms with Gasteiger partial charge in [0.2, 0.25) is 0 Å². The van der Waals surface area contributed by atoms with Gasteiger partial charge in [-0.1, -0.05) is 41.9 Å². The van der Waals surface area contributed by atoms with Crippen molar-refractivity contribution >= 4 is 27.8 Å². The van der Waals surface area contributed by atoms with Crippen LogP contribution in [0.4, 0.5) is 0 Å². The van der Waals surface area contributed by atoms with Gasteiger partial charge in [-0.2, -0.15) is 5.10 Å². The Bertz CT molecular complexity index is 1090. The monoisotopic (exact) mass is 511 g/mol. The molecule has 33 heavy (non-hydrogen) atoms. The molecule has 2 aromatic carbocycles. The molecule has 0 aliphatic rings. The van der Waals surface area contributed by atoms with E-state index in [1.165, 1.54) is 0 Å². The summed E-state index contributed by atoms with van der Waals surface area (Å²) in [5.41, 5.74) is 3.61. The molecule has 174 valence electrons. The maximum absolute atomic E-state index is 12.7. The van der Waals surface area contributed by atoms with Gasteiger partial charge >= 0.3 is 5.97 Å². The Kier molecular flexibility index (Phi) is 8.44. The van der Waals surface area contributed by atoms with E-state index in [-0.39, 0.29) is 11.9 Å². The highest BCUT2D eigenvalue weighted by atomic mass is 79.9. The Hall–Kier alpha value is -2.93. The number of aromatic nitrogens is 2. The molecule has 0 aliphatic heterocycles. The summed E-state index contributed by atoms with van der Waals surface area (Å²) in [6, 6.07) is 16.8. The SMILES string of the molecule is CCOC(=O)c1cc(CCC(C)C)n(-c2ccc(C(=O)N[C@H](C)c3ccc(Br)cc3)cc2)n1. The number of hydrogen-bond acceptors (Lipinski definition) is 4. The van der Waals surface area contributed by atoms with Crippen LogP contribution in [0.25, 0.3) is 5.69 Å². The molecule has 0 bridgehead atoms. The number of benzene rings is 2. The van der Waals surface area contributed by atoms with E-state index in [1.807, 2.05) is 43.3 Å². The van der Waals surface area contributed by atoms with E-state index in [0.29, 0.717) is 23.8 Å². The van der Waals surface area contributed by atoms with Gasteiger partial charge in [-0.15, -0.1) is 0 Å². The molecule has 0 unspecified atom stereocenters. The van der Waals surface area contributed by atoms with Crippen LogP contribution in [0, 0.1) is 5.92 Å². The minimum absolute atomic E-state index is 0.119. The van der Waals surface area contributed by atoms with E-state index >= 15 is 0 Å². The van der Waals surface area contributed by atoms with E-state index in [0.717, 1.165) is 34.3 Å². The first-order valence-electron chi connectivity index (χ1n) is 11.2. The third kappa shape index (κ3) is 6.54. The van der Waals surface area contributed by atoms with Crippen molar-refractivity contribution in [3.63, 3.8) is 0 Å². The number of halogens is 1. The molecule has 1 aromatic heterocycles. The van der Waals surface area contributed by atoms with Gasteiger partial charge in [0.15, 0.2) is 5.69 Å². The van der Waals surface area contributed by atoms with Gasteiger partial charge in [-0.25, -0.2) is 9.48 Å². The first-order chi connectivity index (χ1) is 15.8. The lowest BCUT2D eigenvalue weighted by Gasteiger charge is -2.15. The largest absolute Gasteiger partial charge is 0.461 e. The molecule has 1 atom stereocenters. The van der Waals surface area contributed by atoms with Crippen molar-refractivity contribution in [1.29, 1.82) is 0 Å². The minimum atomic E-state index is -0.431. The second-order valence-corrected chi connectivity index (χ2v) is 9.29. The van der Waals surface area contributed by atoms with Gasteiger partial charge in [0, 0.05) is 15.7 Å². The number of aryl methyl sites for hydroxylation is 1. The fourth-order valence-electron chi connectivity index (χ4n) is 3.43. The Labute approximate surface area is 203 Å². The third-order valence-corrected chi connectivity index (χ3v) is 5.87. The van der Waals surface area contributed by atoms with Crippen molar-refractivity contribution in [3.05, 3.63) is 81.6 Å². The lowest BCUT2D eigenvalue weighted by Crippen LogP contribution is -2.26. The lowest BCUT2D eigenvalue weighted by molar-refractivity contribution is 0.0518. The van der Waals surface area contributed by atoms with Crippen LogP contribution in [0.5, 0.6) is 0 Å². The molecule has 1 N–H and O–H groups in total. The molecule has 1 heterocycles. The van der Waals surface area contributed by atoms with Crippen LogP contribution in [-0.4, -0.2) is 28.3 Å². The number of ether oxygens (including phenoxy) is 1. The van der Waals surface area contributed by atoms with E-state index in [9.17, 15) is 9.59 Å². The van der Waals surface area contributed by atoms with Crippen LogP contribution in [0.2, 0.25) is 0 Å². The predicted octanol–water partition coefficient (Wildman–Crippen LogP) is 5.89. The highest BCUT2D eigenvalue weighted by Gasteiger charge is 2.17. The van der Waals surface area contributed by atoms with Gasteiger partial charge in [-0.3, -0.25) is 4.79 Å². The van der Waals surface area contributed by atoms with Gasteiger partial charge in [0.05, 0.1) is 18.3 Å². The summed E-state index contributed by atoms with van der Waals surface area (Å²) in [6.07, 6.45) is 1.76. The summed E-state index contributed by atoms with van der Waals surface area (Å²) < 4.78 is 7.88. The van der Waals surface area contributed by atoms with Crippen LogP contribution < -0.4 is 5.32 Å². The normalized spacial score (nSPS) is 11.9. The number of hydrogen-bond donors (Lipinski definition) is 1. The molecule has 0 saturated carbocycles. The highest BCUT2D eigenvalue weighted by molar-refractivity contribution is 9.10. The van der Waals surface area contributed by atoms with Gasteiger partial charge in [0.1, 0.15) is 0 Å². The van der Waals surface area contributed by atoms with E-state index in [2.05, 4.69) is 40.2 Å². The topological polar surface area (TPSA) is 73.2 Å². The first kappa shape index (κ1) is 24.7. The summed E-state index contributed by atoms with van der Waals surface area (Å²) in [5, 5.41) is 7.51. The second kappa shape index (κ2) is 11.3. The zero-order chi connectivity index (χ0) is 24.0. The third-order valence-electron chi connectivity index (χ3n) is 5.34. The predicted molar refractivity (Wildman–Crippen MR) is 133 cm³/mol. The molecule has 3 aromatic rings. The van der Waals surface area contributed by atoms with Crippen molar-refractivity contribution < 1.29 is 14.3 Å². The van der Waals surface area contributed by atoms with Crippen LogP contribution in [0.3, 0.4) is 0 Å². The number of carbonyl (C=O) groups is 2. The molecule has 0 saturated heterocycles. The molecule has 0 aliphatic carbocycles. The van der Waals surface area contributed by atoms with Gasteiger partial charge in [-0.05, 0) is 80.6 Å². The van der Waals surface area contributed by atoms with Crippen molar-refractivity contribution in [1.82, 2.24) is 15.1 Å². The van der Waals surface area contributed by atoms with Gasteiger partial charge in [0.25, 0.3) is 5.91 Å². The standard InChI is InChI=1S/C26H30BrN3O3/c1-5-33-26(32)24-16-23(13-6-17(2)3)30(29-24)22-14-9-20(10-15-22)25(31)28-18(4)19-7-11-21(27)12-8-19/h7-12,14-18H,5-6,13H2,1-4H3,(H,28,31)/t18-/m1/s1. The molecule has 0 fully saturated rings. The van der Waals surface area contributed by atoms with Crippen molar-refractivity contribution in [2.75, 3.05) is 6.61 Å². The molecular formula is C26H30BrN3O3. The Morgan fingerprint density at radius 2 is 1.73 bits per heavy atom. The van der Waals surface area contributed by atoms with E-state index in [1.54, 1.807) is 29.8 Å². The number of esters is 1.